The molecular formula is C24H34N2O3S. The van der Waals surface area contributed by atoms with Gasteiger partial charge < -0.3 is 9.47 Å². The first-order chi connectivity index (χ1) is 14.4. The van der Waals surface area contributed by atoms with Gasteiger partial charge in [0, 0.05) is 43.2 Å². The highest BCUT2D eigenvalue weighted by molar-refractivity contribution is 7.90. The van der Waals surface area contributed by atoms with Crippen LogP contribution in [-0.2, 0) is 27.4 Å². The molecule has 5 nitrogen and oxygen atoms in total. The molecule has 4 rings (SSSR count). The number of nitrogens with zero attached hydrogens (tertiary/aromatic N) is 2. The minimum atomic E-state index is -3.06. The Labute approximate surface area is 180 Å². The van der Waals surface area contributed by atoms with E-state index in [9.17, 15) is 13.2 Å². The number of hydrogen-bond acceptors (Lipinski definition) is 3. The van der Waals surface area contributed by atoms with Gasteiger partial charge in [0.15, 0.2) is 9.84 Å². The Morgan fingerprint density at radius 2 is 1.80 bits per heavy atom. The minimum absolute atomic E-state index is 0.111. The third kappa shape index (κ3) is 4.43. The van der Waals surface area contributed by atoms with Crippen LogP contribution in [0.25, 0.3) is 10.9 Å². The zero-order chi connectivity index (χ0) is 21.3. The monoisotopic (exact) mass is 430 g/mol. The van der Waals surface area contributed by atoms with E-state index in [2.05, 4.69) is 28.8 Å². The van der Waals surface area contributed by atoms with Gasteiger partial charge in [0.2, 0.25) is 5.91 Å². The first kappa shape index (κ1) is 21.4. The first-order valence-corrected chi connectivity index (χ1v) is 13.3. The zero-order valence-corrected chi connectivity index (χ0v) is 19.1. The molecule has 30 heavy (non-hydrogen) atoms. The summed E-state index contributed by atoms with van der Waals surface area (Å²) in [5.74, 6) is 1.39. The summed E-state index contributed by atoms with van der Waals surface area (Å²) in [6.07, 6.45) is 9.33. The normalized spacial score (nSPS) is 19.1. The van der Waals surface area contributed by atoms with Crippen molar-refractivity contribution >= 4 is 26.6 Å². The molecule has 1 saturated carbocycles. The summed E-state index contributed by atoms with van der Waals surface area (Å²) in [5.41, 5.74) is 3.32. The predicted molar refractivity (Wildman–Crippen MR) is 121 cm³/mol. The SMILES string of the molecule is CCCS(=O)(=O)Cc1ccc2c(c1)c(C1CCN(C(=O)C3CCCC3)CC1)cn2C. The number of carbonyl (C=O) groups is 1. The van der Waals surface area contributed by atoms with Crippen LogP contribution in [0.15, 0.2) is 24.4 Å². The van der Waals surface area contributed by atoms with E-state index >= 15 is 0 Å². The molecule has 0 atom stereocenters. The fourth-order valence-corrected chi connectivity index (χ4v) is 6.82. The van der Waals surface area contributed by atoms with Crippen LogP contribution in [0.1, 0.15) is 68.9 Å². The third-order valence-corrected chi connectivity index (χ3v) is 8.74. The standard InChI is InChI=1S/C24H34N2O3S/c1-3-14-30(28,29)17-18-8-9-23-21(15-18)22(16-25(23)2)19-10-12-26(13-11-19)24(27)20-6-4-5-7-20/h8-9,15-16,19-20H,3-7,10-14,17H2,1-2H3. The van der Waals surface area contributed by atoms with E-state index in [-0.39, 0.29) is 17.4 Å². The molecule has 1 aliphatic carbocycles. The van der Waals surface area contributed by atoms with Gasteiger partial charge in [-0.25, -0.2) is 8.42 Å². The Morgan fingerprint density at radius 3 is 2.47 bits per heavy atom. The maximum absolute atomic E-state index is 12.8. The van der Waals surface area contributed by atoms with Crippen molar-refractivity contribution in [3.8, 4) is 0 Å². The molecule has 2 heterocycles. The number of aryl methyl sites for hydroxylation is 1. The highest BCUT2D eigenvalue weighted by atomic mass is 32.2. The summed E-state index contributed by atoms with van der Waals surface area (Å²) in [4.78, 5) is 14.8. The fraction of sp³-hybridized carbons (Fsp3) is 0.625. The highest BCUT2D eigenvalue weighted by Gasteiger charge is 2.31. The predicted octanol–water partition coefficient (Wildman–Crippen LogP) is 4.40. The summed E-state index contributed by atoms with van der Waals surface area (Å²) < 4.78 is 26.7. The number of benzene rings is 1. The van der Waals surface area contributed by atoms with Crippen molar-refractivity contribution in [3.63, 3.8) is 0 Å². The van der Waals surface area contributed by atoms with Crippen LogP contribution in [-0.4, -0.2) is 42.6 Å². The number of carbonyl (C=O) groups excluding carboxylic acids is 1. The number of likely N-dealkylation sites (tertiary alicyclic amines) is 1. The molecule has 0 unspecified atom stereocenters. The number of amides is 1. The summed E-state index contributed by atoms with van der Waals surface area (Å²) in [6, 6.07) is 6.07. The van der Waals surface area contributed by atoms with Gasteiger partial charge in [-0.1, -0.05) is 25.8 Å². The summed E-state index contributed by atoms with van der Waals surface area (Å²) in [5, 5.41) is 1.17. The van der Waals surface area contributed by atoms with E-state index in [4.69, 9.17) is 0 Å². The molecule has 2 aromatic rings. The maximum atomic E-state index is 12.8. The molecule has 2 fully saturated rings. The Balaban J connectivity index is 1.51. The molecule has 1 aromatic heterocycles. The quantitative estimate of drug-likeness (QED) is 0.682. The summed E-state index contributed by atoms with van der Waals surface area (Å²) in [7, 11) is -1.01. The number of rotatable bonds is 6. The Hall–Kier alpha value is -1.82. The lowest BCUT2D eigenvalue weighted by Crippen LogP contribution is -2.40. The smallest absolute Gasteiger partial charge is 0.225 e. The van der Waals surface area contributed by atoms with Gasteiger partial charge >= 0.3 is 0 Å². The fourth-order valence-electron chi connectivity index (χ4n) is 5.36. The molecule has 0 spiro atoms. The van der Waals surface area contributed by atoms with Crippen LogP contribution in [0.2, 0.25) is 0 Å². The van der Waals surface area contributed by atoms with Crippen LogP contribution >= 0.6 is 0 Å². The van der Waals surface area contributed by atoms with Gasteiger partial charge in [-0.3, -0.25) is 4.79 Å². The largest absolute Gasteiger partial charge is 0.350 e. The van der Waals surface area contributed by atoms with Crippen molar-refractivity contribution in [1.29, 1.82) is 0 Å². The van der Waals surface area contributed by atoms with Crippen molar-refractivity contribution < 1.29 is 13.2 Å². The lowest BCUT2D eigenvalue weighted by atomic mass is 9.88. The van der Waals surface area contributed by atoms with Crippen LogP contribution in [0.5, 0.6) is 0 Å². The molecular weight excluding hydrogens is 396 g/mol. The molecule has 1 aliphatic heterocycles. The van der Waals surface area contributed by atoms with Gasteiger partial charge in [0.05, 0.1) is 11.5 Å². The average Bonchev–Trinajstić information content (AvgIpc) is 3.36. The molecule has 1 amide bonds. The molecule has 0 N–H and O–H groups in total. The Bertz CT molecular complexity index is 1010. The van der Waals surface area contributed by atoms with Crippen molar-refractivity contribution in [2.24, 2.45) is 13.0 Å². The number of piperidine rings is 1. The van der Waals surface area contributed by atoms with E-state index in [0.717, 1.165) is 49.9 Å². The molecule has 2 aliphatic rings. The van der Waals surface area contributed by atoms with E-state index in [1.807, 2.05) is 19.1 Å². The highest BCUT2D eigenvalue weighted by Crippen LogP contribution is 2.36. The van der Waals surface area contributed by atoms with E-state index in [1.165, 1.54) is 23.8 Å². The zero-order valence-electron chi connectivity index (χ0n) is 18.3. The second kappa shape index (κ2) is 8.74. The second-order valence-corrected chi connectivity index (χ2v) is 11.4. The van der Waals surface area contributed by atoms with Crippen molar-refractivity contribution in [1.82, 2.24) is 9.47 Å². The number of hydrogen-bond donors (Lipinski definition) is 0. The van der Waals surface area contributed by atoms with Crippen molar-refractivity contribution in [2.75, 3.05) is 18.8 Å². The third-order valence-electron chi connectivity index (χ3n) is 6.94. The number of sulfone groups is 1. The second-order valence-electron chi connectivity index (χ2n) is 9.22. The molecule has 1 saturated heterocycles. The molecule has 0 bridgehead atoms. The topological polar surface area (TPSA) is 59.4 Å². The molecule has 1 aromatic carbocycles. The Kier molecular flexibility index (Phi) is 6.24. The van der Waals surface area contributed by atoms with E-state index < -0.39 is 9.84 Å². The molecule has 0 radical (unpaired) electrons. The van der Waals surface area contributed by atoms with Crippen LogP contribution in [0, 0.1) is 5.92 Å². The van der Waals surface area contributed by atoms with Crippen LogP contribution in [0.3, 0.4) is 0 Å². The Morgan fingerprint density at radius 1 is 1.10 bits per heavy atom. The number of aromatic nitrogens is 1. The summed E-state index contributed by atoms with van der Waals surface area (Å²) in [6.45, 7) is 3.57. The van der Waals surface area contributed by atoms with Gasteiger partial charge in [-0.2, -0.15) is 0 Å². The van der Waals surface area contributed by atoms with Gasteiger partial charge in [0.25, 0.3) is 0 Å². The van der Waals surface area contributed by atoms with Crippen LogP contribution < -0.4 is 0 Å². The number of fused-ring (bicyclic) bond motifs is 1. The van der Waals surface area contributed by atoms with Crippen molar-refractivity contribution in [2.45, 2.75) is 63.5 Å². The lowest BCUT2D eigenvalue weighted by molar-refractivity contribution is -0.136. The van der Waals surface area contributed by atoms with E-state index in [0.29, 0.717) is 18.2 Å². The van der Waals surface area contributed by atoms with E-state index in [1.54, 1.807) is 0 Å². The maximum Gasteiger partial charge on any atom is 0.225 e. The molecule has 6 heteroatoms. The lowest BCUT2D eigenvalue weighted by Gasteiger charge is -2.33. The van der Waals surface area contributed by atoms with Gasteiger partial charge in [0.1, 0.15) is 0 Å². The average molecular weight is 431 g/mol. The minimum Gasteiger partial charge on any atom is -0.350 e. The summed E-state index contributed by atoms with van der Waals surface area (Å²) >= 11 is 0. The van der Waals surface area contributed by atoms with Crippen molar-refractivity contribution in [3.05, 3.63) is 35.5 Å². The van der Waals surface area contributed by atoms with Gasteiger partial charge in [-0.15, -0.1) is 0 Å². The van der Waals surface area contributed by atoms with Gasteiger partial charge in [-0.05, 0) is 61.3 Å². The van der Waals surface area contributed by atoms with Crippen LogP contribution in [0.4, 0.5) is 0 Å². The molecule has 164 valence electrons. The first-order valence-electron chi connectivity index (χ1n) is 11.4.